The van der Waals surface area contributed by atoms with Gasteiger partial charge in [0, 0.05) is 18.3 Å². The van der Waals surface area contributed by atoms with Crippen LogP contribution in [0.15, 0.2) is 47.4 Å². The number of aliphatic hydroxyl groups is 1. The molecule has 0 atom stereocenters. The highest BCUT2D eigenvalue weighted by atomic mass is 16.5. The van der Waals surface area contributed by atoms with Crippen molar-refractivity contribution >= 4 is 0 Å². The average Bonchev–Trinajstić information content (AvgIpc) is 2.62. The number of nitrogens with zero attached hydrogens (tertiary/aromatic N) is 1. The van der Waals surface area contributed by atoms with Crippen LogP contribution in [0, 0.1) is 0 Å². The number of aryl methyl sites for hydroxylation is 1. The van der Waals surface area contributed by atoms with Gasteiger partial charge in [0.25, 0.3) is 0 Å². The van der Waals surface area contributed by atoms with Gasteiger partial charge in [-0.05, 0) is 12.0 Å². The molecule has 0 unspecified atom stereocenters. The molecule has 1 aromatic heterocycles. The van der Waals surface area contributed by atoms with Crippen LogP contribution in [0.5, 0.6) is 5.75 Å². The number of rotatable bonds is 10. The van der Waals surface area contributed by atoms with Gasteiger partial charge in [0.1, 0.15) is 6.61 Å². The first-order chi connectivity index (χ1) is 11.7. The highest BCUT2D eigenvalue weighted by molar-refractivity contribution is 5.23. The van der Waals surface area contributed by atoms with Crippen molar-refractivity contribution in [1.82, 2.24) is 4.57 Å². The van der Waals surface area contributed by atoms with Crippen molar-refractivity contribution in [3.05, 3.63) is 64.1 Å². The van der Waals surface area contributed by atoms with Crippen LogP contribution >= 0.6 is 0 Å². The van der Waals surface area contributed by atoms with Gasteiger partial charge in [-0.15, -0.1) is 0 Å². The van der Waals surface area contributed by atoms with E-state index in [2.05, 4.69) is 6.92 Å². The summed E-state index contributed by atoms with van der Waals surface area (Å²) in [4.78, 5) is 12.1. The molecule has 1 N–H and O–H groups in total. The Hall–Kier alpha value is -2.07. The molecule has 0 aliphatic rings. The summed E-state index contributed by atoms with van der Waals surface area (Å²) in [5.74, 6) is 0.338. The van der Waals surface area contributed by atoms with Crippen LogP contribution < -0.4 is 10.2 Å². The SMILES string of the molecule is CCCCCCCn1cc(OCc2ccccc2)c(=O)cc1CO. The van der Waals surface area contributed by atoms with E-state index in [9.17, 15) is 9.90 Å². The molecule has 4 nitrogen and oxygen atoms in total. The van der Waals surface area contributed by atoms with E-state index in [-0.39, 0.29) is 12.0 Å². The topological polar surface area (TPSA) is 51.5 Å². The number of unbranched alkanes of at least 4 members (excludes halogenated alkanes) is 4. The predicted molar refractivity (Wildman–Crippen MR) is 96.2 cm³/mol. The Morgan fingerprint density at radius 2 is 1.83 bits per heavy atom. The Bertz CT molecular complexity index is 664. The number of aromatic nitrogens is 1. The Morgan fingerprint density at radius 3 is 2.54 bits per heavy atom. The van der Waals surface area contributed by atoms with Gasteiger partial charge in [-0.1, -0.05) is 62.9 Å². The summed E-state index contributed by atoms with van der Waals surface area (Å²) in [6.07, 6.45) is 7.62. The maximum absolute atomic E-state index is 12.1. The summed E-state index contributed by atoms with van der Waals surface area (Å²) < 4.78 is 7.63. The molecule has 2 aromatic rings. The zero-order chi connectivity index (χ0) is 17.2. The lowest BCUT2D eigenvalue weighted by atomic mass is 10.1. The largest absolute Gasteiger partial charge is 0.483 e. The molecule has 0 aliphatic heterocycles. The molecule has 24 heavy (non-hydrogen) atoms. The third-order valence-corrected chi connectivity index (χ3v) is 4.08. The Kier molecular flexibility index (Phi) is 7.56. The molecule has 0 spiro atoms. The lowest BCUT2D eigenvalue weighted by Crippen LogP contribution is -2.15. The minimum Gasteiger partial charge on any atom is -0.483 e. The minimum absolute atomic E-state index is 0.136. The predicted octanol–water partition coefficient (Wildman–Crippen LogP) is 3.89. The normalized spacial score (nSPS) is 10.8. The van der Waals surface area contributed by atoms with E-state index in [1.165, 1.54) is 25.3 Å². The lowest BCUT2D eigenvalue weighted by molar-refractivity contribution is 0.264. The molecular weight excluding hydrogens is 302 g/mol. The van der Waals surface area contributed by atoms with Crippen molar-refractivity contribution in [2.45, 2.75) is 58.8 Å². The van der Waals surface area contributed by atoms with Crippen molar-refractivity contribution < 1.29 is 9.84 Å². The minimum atomic E-state index is -0.183. The van der Waals surface area contributed by atoms with Crippen molar-refractivity contribution in [1.29, 1.82) is 0 Å². The monoisotopic (exact) mass is 329 g/mol. The average molecular weight is 329 g/mol. The number of hydrogen-bond donors (Lipinski definition) is 1. The van der Waals surface area contributed by atoms with E-state index in [1.54, 1.807) is 6.20 Å². The summed E-state index contributed by atoms with van der Waals surface area (Å²) >= 11 is 0. The molecule has 1 aromatic carbocycles. The number of hydrogen-bond acceptors (Lipinski definition) is 3. The highest BCUT2D eigenvalue weighted by Crippen LogP contribution is 2.12. The maximum atomic E-state index is 12.1. The molecule has 4 heteroatoms. The first-order valence-electron chi connectivity index (χ1n) is 8.75. The second kappa shape index (κ2) is 9.93. The quantitative estimate of drug-likeness (QED) is 0.673. The second-order valence-corrected chi connectivity index (χ2v) is 6.03. The number of pyridine rings is 1. The molecule has 0 bridgehead atoms. The highest BCUT2D eigenvalue weighted by Gasteiger charge is 2.08. The van der Waals surface area contributed by atoms with Crippen LogP contribution in [0.2, 0.25) is 0 Å². The van der Waals surface area contributed by atoms with E-state index in [1.807, 2.05) is 34.9 Å². The fourth-order valence-corrected chi connectivity index (χ4v) is 2.67. The molecule has 0 amide bonds. The number of aliphatic hydroxyl groups excluding tert-OH is 1. The first kappa shape index (κ1) is 18.3. The second-order valence-electron chi connectivity index (χ2n) is 6.03. The van der Waals surface area contributed by atoms with E-state index < -0.39 is 0 Å². The van der Waals surface area contributed by atoms with E-state index in [0.717, 1.165) is 24.9 Å². The molecule has 130 valence electrons. The van der Waals surface area contributed by atoms with Crippen LogP contribution in [0.3, 0.4) is 0 Å². The number of ether oxygens (including phenoxy) is 1. The summed E-state index contributed by atoms with van der Waals surface area (Å²) in [7, 11) is 0. The fraction of sp³-hybridized carbons (Fsp3) is 0.450. The van der Waals surface area contributed by atoms with Gasteiger partial charge in [-0.3, -0.25) is 4.79 Å². The third kappa shape index (κ3) is 5.53. The van der Waals surface area contributed by atoms with Gasteiger partial charge in [-0.25, -0.2) is 0 Å². The summed E-state index contributed by atoms with van der Waals surface area (Å²) in [6.45, 7) is 3.22. The van der Waals surface area contributed by atoms with Crippen molar-refractivity contribution in [2.24, 2.45) is 0 Å². The van der Waals surface area contributed by atoms with Crippen LogP contribution in [-0.4, -0.2) is 9.67 Å². The molecule has 0 fully saturated rings. The summed E-state index contributed by atoms with van der Waals surface area (Å²) in [5, 5.41) is 9.48. The van der Waals surface area contributed by atoms with E-state index in [4.69, 9.17) is 4.74 Å². The van der Waals surface area contributed by atoms with Crippen molar-refractivity contribution in [3.63, 3.8) is 0 Å². The molecule has 1 heterocycles. The van der Waals surface area contributed by atoms with Gasteiger partial charge in [0.05, 0.1) is 12.8 Å². The summed E-state index contributed by atoms with van der Waals surface area (Å²) in [6, 6.07) is 11.3. The van der Waals surface area contributed by atoms with Gasteiger partial charge in [0.15, 0.2) is 5.75 Å². The first-order valence-corrected chi connectivity index (χ1v) is 8.75. The maximum Gasteiger partial charge on any atom is 0.223 e. The molecule has 0 radical (unpaired) electrons. The van der Waals surface area contributed by atoms with Crippen molar-refractivity contribution in [2.75, 3.05) is 0 Å². The smallest absolute Gasteiger partial charge is 0.223 e. The Labute approximate surface area is 143 Å². The lowest BCUT2D eigenvalue weighted by Gasteiger charge is -2.14. The summed E-state index contributed by atoms with van der Waals surface area (Å²) in [5.41, 5.74) is 1.48. The zero-order valence-electron chi connectivity index (χ0n) is 14.4. The van der Waals surface area contributed by atoms with Crippen LogP contribution in [0.1, 0.15) is 50.3 Å². The third-order valence-electron chi connectivity index (χ3n) is 4.08. The molecular formula is C20H27NO3. The zero-order valence-corrected chi connectivity index (χ0v) is 14.4. The van der Waals surface area contributed by atoms with Gasteiger partial charge >= 0.3 is 0 Å². The van der Waals surface area contributed by atoms with Gasteiger partial charge < -0.3 is 14.4 Å². The van der Waals surface area contributed by atoms with Gasteiger partial charge in [0.2, 0.25) is 5.43 Å². The van der Waals surface area contributed by atoms with E-state index >= 15 is 0 Å². The Morgan fingerprint density at radius 1 is 1.08 bits per heavy atom. The molecule has 0 saturated heterocycles. The van der Waals surface area contributed by atoms with Gasteiger partial charge in [-0.2, -0.15) is 0 Å². The molecule has 0 saturated carbocycles. The van der Waals surface area contributed by atoms with Crippen LogP contribution in [-0.2, 0) is 19.8 Å². The molecule has 0 aliphatic carbocycles. The van der Waals surface area contributed by atoms with E-state index in [0.29, 0.717) is 18.1 Å². The number of benzene rings is 1. The Balaban J connectivity index is 2.02. The van der Waals surface area contributed by atoms with Crippen molar-refractivity contribution in [3.8, 4) is 5.75 Å². The molecule has 2 rings (SSSR count). The van der Waals surface area contributed by atoms with Crippen LogP contribution in [0.4, 0.5) is 0 Å². The fourth-order valence-electron chi connectivity index (χ4n) is 2.67. The van der Waals surface area contributed by atoms with Crippen LogP contribution in [0.25, 0.3) is 0 Å². The standard InChI is InChI=1S/C20H27NO3/c1-2-3-4-5-9-12-21-14-20(19(23)13-18(21)15-22)24-16-17-10-7-6-8-11-17/h6-8,10-11,13-14,22H,2-5,9,12,15-16H2,1H3.